The minimum absolute atomic E-state index is 0.0557. The molecular formula is C19H24N2O3. The molecule has 0 bridgehead atoms. The average Bonchev–Trinajstić information content (AvgIpc) is 2.54. The molecule has 24 heavy (non-hydrogen) atoms. The fourth-order valence-corrected chi connectivity index (χ4v) is 2.76. The van der Waals surface area contributed by atoms with Crippen molar-refractivity contribution < 1.29 is 14.7 Å². The maximum Gasteiger partial charge on any atom is 0.185 e. The quantitative estimate of drug-likeness (QED) is 0.812. The number of nitrogens with zero attached hydrogens (tertiary/aromatic N) is 2. The van der Waals surface area contributed by atoms with E-state index >= 15 is 0 Å². The van der Waals surface area contributed by atoms with E-state index in [1.165, 1.54) is 0 Å². The van der Waals surface area contributed by atoms with Crippen molar-refractivity contribution in [3.8, 4) is 0 Å². The van der Waals surface area contributed by atoms with Crippen molar-refractivity contribution in [1.82, 2.24) is 10.2 Å². The Morgan fingerprint density at radius 1 is 0.958 bits per heavy atom. The van der Waals surface area contributed by atoms with Gasteiger partial charge in [-0.05, 0) is 65.0 Å². The lowest BCUT2D eigenvalue weighted by Crippen LogP contribution is -2.25. The van der Waals surface area contributed by atoms with Crippen molar-refractivity contribution in [2.75, 3.05) is 0 Å². The second kappa shape index (κ2) is 7.18. The van der Waals surface area contributed by atoms with E-state index < -0.39 is 5.60 Å². The molecule has 128 valence electrons. The summed E-state index contributed by atoms with van der Waals surface area (Å²) in [4.78, 5) is 25.3. The number of rotatable bonds is 6. The fraction of sp³-hybridized carbons (Fsp3) is 0.474. The molecule has 0 spiro atoms. The minimum atomic E-state index is -0.874. The zero-order valence-electron chi connectivity index (χ0n) is 14.7. The number of aromatic nitrogens is 2. The smallest absolute Gasteiger partial charge is 0.185 e. The van der Waals surface area contributed by atoms with Crippen molar-refractivity contribution in [3.05, 3.63) is 46.3 Å². The lowest BCUT2D eigenvalue weighted by molar-refractivity contribution is -0.116. The SMILES string of the molecule is CC1=C(C)C(=O)C(CCC(C)(C)O)=C(CCc2ccnnc2)C1=O. The van der Waals surface area contributed by atoms with Gasteiger partial charge in [0.15, 0.2) is 11.6 Å². The topological polar surface area (TPSA) is 80.2 Å². The Morgan fingerprint density at radius 3 is 2.04 bits per heavy atom. The maximum absolute atomic E-state index is 12.7. The average molecular weight is 328 g/mol. The molecule has 0 atom stereocenters. The van der Waals surface area contributed by atoms with Gasteiger partial charge in [-0.1, -0.05) is 0 Å². The van der Waals surface area contributed by atoms with Crippen LogP contribution in [-0.2, 0) is 16.0 Å². The van der Waals surface area contributed by atoms with Crippen molar-refractivity contribution in [1.29, 1.82) is 0 Å². The molecule has 1 aromatic rings. The molecule has 5 nitrogen and oxygen atoms in total. The van der Waals surface area contributed by atoms with Gasteiger partial charge < -0.3 is 5.11 Å². The molecule has 0 aliphatic heterocycles. The number of aliphatic hydroxyl groups is 1. The Balaban J connectivity index is 2.29. The highest BCUT2D eigenvalue weighted by Crippen LogP contribution is 2.31. The van der Waals surface area contributed by atoms with Crippen LogP contribution in [0.2, 0.25) is 0 Å². The van der Waals surface area contributed by atoms with Crippen molar-refractivity contribution in [2.24, 2.45) is 0 Å². The van der Waals surface area contributed by atoms with Crippen LogP contribution >= 0.6 is 0 Å². The largest absolute Gasteiger partial charge is 0.390 e. The number of aryl methyl sites for hydroxylation is 1. The van der Waals surface area contributed by atoms with Gasteiger partial charge in [0.2, 0.25) is 0 Å². The summed E-state index contributed by atoms with van der Waals surface area (Å²) in [6.45, 7) is 6.82. The van der Waals surface area contributed by atoms with Gasteiger partial charge in [-0.25, -0.2) is 0 Å². The third-order valence-electron chi connectivity index (χ3n) is 4.45. The first-order chi connectivity index (χ1) is 11.2. The predicted molar refractivity (Wildman–Crippen MR) is 91.3 cm³/mol. The van der Waals surface area contributed by atoms with E-state index in [1.54, 1.807) is 40.1 Å². The Hall–Kier alpha value is -2.14. The predicted octanol–water partition coefficient (Wildman–Crippen LogP) is 2.75. The van der Waals surface area contributed by atoms with E-state index in [1.807, 2.05) is 6.07 Å². The highest BCUT2D eigenvalue weighted by atomic mass is 16.3. The first-order valence-electron chi connectivity index (χ1n) is 8.17. The molecule has 0 saturated heterocycles. The van der Waals surface area contributed by atoms with Crippen LogP contribution in [0.5, 0.6) is 0 Å². The van der Waals surface area contributed by atoms with Crippen LogP contribution < -0.4 is 0 Å². The molecule has 0 fully saturated rings. The second-order valence-electron chi connectivity index (χ2n) is 6.93. The summed E-state index contributed by atoms with van der Waals surface area (Å²) < 4.78 is 0. The van der Waals surface area contributed by atoms with Gasteiger partial charge >= 0.3 is 0 Å². The molecule has 0 unspecified atom stereocenters. The summed E-state index contributed by atoms with van der Waals surface area (Å²) in [5.41, 5.74) is 2.26. The van der Waals surface area contributed by atoms with Gasteiger partial charge in [0.05, 0.1) is 11.8 Å². The van der Waals surface area contributed by atoms with E-state index in [0.717, 1.165) is 5.56 Å². The van der Waals surface area contributed by atoms with Crippen LogP contribution in [0, 0.1) is 0 Å². The van der Waals surface area contributed by atoms with Gasteiger partial charge in [0, 0.05) is 28.5 Å². The van der Waals surface area contributed by atoms with Crippen LogP contribution in [0.15, 0.2) is 40.8 Å². The molecule has 1 heterocycles. The second-order valence-corrected chi connectivity index (χ2v) is 6.93. The number of Topliss-reactive ketones (excluding diaryl/α,β-unsaturated/α-hetero) is 2. The van der Waals surface area contributed by atoms with E-state index in [9.17, 15) is 14.7 Å². The minimum Gasteiger partial charge on any atom is -0.390 e. The van der Waals surface area contributed by atoms with Crippen molar-refractivity contribution >= 4 is 11.6 Å². The zero-order valence-corrected chi connectivity index (χ0v) is 14.7. The highest BCUT2D eigenvalue weighted by Gasteiger charge is 2.30. The third-order valence-corrected chi connectivity index (χ3v) is 4.45. The standard InChI is InChI=1S/C19H24N2O3/c1-12-13(2)18(23)16(7-9-19(3,4)24)15(17(12)22)6-5-14-8-10-20-21-11-14/h8,10-11,24H,5-7,9H2,1-4H3. The molecule has 1 aromatic heterocycles. The van der Waals surface area contributed by atoms with Crippen LogP contribution in [0.4, 0.5) is 0 Å². The fourth-order valence-electron chi connectivity index (χ4n) is 2.76. The molecule has 0 amide bonds. The number of carbonyl (C=O) groups excluding carboxylic acids is 2. The molecule has 5 heteroatoms. The Labute approximate surface area is 142 Å². The summed E-state index contributed by atoms with van der Waals surface area (Å²) in [5.74, 6) is -0.126. The van der Waals surface area contributed by atoms with E-state index in [4.69, 9.17) is 0 Å². The molecule has 0 saturated carbocycles. The number of hydrogen-bond acceptors (Lipinski definition) is 5. The third kappa shape index (κ3) is 4.23. The van der Waals surface area contributed by atoms with Crippen LogP contribution in [-0.4, -0.2) is 32.5 Å². The van der Waals surface area contributed by atoms with E-state index in [2.05, 4.69) is 10.2 Å². The highest BCUT2D eigenvalue weighted by molar-refractivity contribution is 6.24. The zero-order chi connectivity index (χ0) is 17.9. The Kier molecular flexibility index (Phi) is 5.44. The number of carbonyl (C=O) groups is 2. The molecule has 0 aromatic carbocycles. The Bertz CT molecular complexity index is 710. The lowest BCUT2D eigenvalue weighted by Gasteiger charge is -2.23. The molecule has 1 aliphatic carbocycles. The summed E-state index contributed by atoms with van der Waals surface area (Å²) in [6.07, 6.45) is 5.24. The first kappa shape index (κ1) is 18.2. The van der Waals surface area contributed by atoms with Crippen molar-refractivity contribution in [3.63, 3.8) is 0 Å². The van der Waals surface area contributed by atoms with Gasteiger partial charge in [-0.2, -0.15) is 10.2 Å². The molecule has 1 aliphatic rings. The molecule has 1 N–H and O–H groups in total. The Morgan fingerprint density at radius 2 is 1.54 bits per heavy atom. The van der Waals surface area contributed by atoms with E-state index in [-0.39, 0.29) is 11.6 Å². The van der Waals surface area contributed by atoms with Gasteiger partial charge in [-0.3, -0.25) is 9.59 Å². The van der Waals surface area contributed by atoms with Gasteiger partial charge in [0.1, 0.15) is 0 Å². The van der Waals surface area contributed by atoms with Crippen LogP contribution in [0.25, 0.3) is 0 Å². The van der Waals surface area contributed by atoms with Crippen LogP contribution in [0.1, 0.15) is 52.5 Å². The lowest BCUT2D eigenvalue weighted by atomic mass is 9.80. The maximum atomic E-state index is 12.7. The van der Waals surface area contributed by atoms with Crippen LogP contribution in [0.3, 0.4) is 0 Å². The summed E-state index contributed by atoms with van der Waals surface area (Å²) in [7, 11) is 0. The van der Waals surface area contributed by atoms with Gasteiger partial charge in [-0.15, -0.1) is 0 Å². The number of ketones is 2. The van der Waals surface area contributed by atoms with E-state index in [0.29, 0.717) is 48.0 Å². The summed E-state index contributed by atoms with van der Waals surface area (Å²) in [5, 5.41) is 17.5. The molecule has 0 radical (unpaired) electrons. The number of allylic oxidation sites excluding steroid dienone is 4. The number of hydrogen-bond donors (Lipinski definition) is 1. The molecular weight excluding hydrogens is 304 g/mol. The first-order valence-corrected chi connectivity index (χ1v) is 8.17. The van der Waals surface area contributed by atoms with Crippen molar-refractivity contribution in [2.45, 2.75) is 59.0 Å². The molecule has 2 rings (SSSR count). The monoisotopic (exact) mass is 328 g/mol. The summed E-state index contributed by atoms with van der Waals surface area (Å²) in [6, 6.07) is 1.85. The summed E-state index contributed by atoms with van der Waals surface area (Å²) >= 11 is 0. The van der Waals surface area contributed by atoms with Gasteiger partial charge in [0.25, 0.3) is 0 Å². The normalized spacial score (nSPS) is 16.2.